The minimum absolute atomic E-state index is 0.0114. The molecule has 0 aliphatic heterocycles. The molecule has 0 atom stereocenters. The number of hydrogen-bond acceptors (Lipinski definition) is 6. The first-order valence-electron chi connectivity index (χ1n) is 10.3. The average Bonchev–Trinajstić information content (AvgIpc) is 3.11. The van der Waals surface area contributed by atoms with Crippen LogP contribution in [0, 0.1) is 0 Å². The summed E-state index contributed by atoms with van der Waals surface area (Å²) in [6.07, 6.45) is 0. The van der Waals surface area contributed by atoms with Gasteiger partial charge in [-0.25, -0.2) is 8.42 Å². The SMILES string of the molecule is COc1ccccc1N(CC(=O)N=Nc1c(O)n(C)c2ccccc12)S(=O)(=O)c1ccccc1. The van der Waals surface area contributed by atoms with Crippen LogP contribution in [0.1, 0.15) is 0 Å². The average molecular weight is 479 g/mol. The van der Waals surface area contributed by atoms with Gasteiger partial charge in [-0.2, -0.15) is 0 Å². The van der Waals surface area contributed by atoms with Gasteiger partial charge in [-0.15, -0.1) is 10.2 Å². The van der Waals surface area contributed by atoms with Gasteiger partial charge in [0.05, 0.1) is 23.2 Å². The van der Waals surface area contributed by atoms with Gasteiger partial charge in [0, 0.05) is 12.4 Å². The zero-order chi connectivity index (χ0) is 24.3. The van der Waals surface area contributed by atoms with Crippen LogP contribution in [-0.4, -0.2) is 37.7 Å². The zero-order valence-electron chi connectivity index (χ0n) is 18.5. The van der Waals surface area contributed by atoms with Crippen molar-refractivity contribution in [3.63, 3.8) is 0 Å². The number of hydrogen-bond donors (Lipinski definition) is 1. The predicted molar refractivity (Wildman–Crippen MR) is 128 cm³/mol. The predicted octanol–water partition coefficient (Wildman–Crippen LogP) is 4.40. The second-order valence-electron chi connectivity index (χ2n) is 7.34. The van der Waals surface area contributed by atoms with Crippen LogP contribution < -0.4 is 9.04 Å². The van der Waals surface area contributed by atoms with Crippen molar-refractivity contribution in [2.24, 2.45) is 17.3 Å². The fourth-order valence-corrected chi connectivity index (χ4v) is 5.02. The van der Waals surface area contributed by atoms with Crippen molar-refractivity contribution in [1.82, 2.24) is 4.57 Å². The smallest absolute Gasteiger partial charge is 0.285 e. The molecular weight excluding hydrogens is 456 g/mol. The molecule has 9 nitrogen and oxygen atoms in total. The van der Waals surface area contributed by atoms with Gasteiger partial charge in [0.2, 0.25) is 5.88 Å². The molecule has 0 saturated carbocycles. The quantitative estimate of drug-likeness (QED) is 0.396. The number of carbonyl (C=O) groups is 1. The third kappa shape index (κ3) is 4.23. The number of rotatable bonds is 7. The number of nitrogens with zero attached hydrogens (tertiary/aromatic N) is 4. The van der Waals surface area contributed by atoms with Gasteiger partial charge < -0.3 is 14.4 Å². The molecule has 0 bridgehead atoms. The van der Waals surface area contributed by atoms with E-state index in [0.717, 1.165) is 4.31 Å². The third-order valence-corrected chi connectivity index (χ3v) is 7.05. The topological polar surface area (TPSA) is 114 Å². The van der Waals surface area contributed by atoms with Crippen LogP contribution in [0.2, 0.25) is 0 Å². The molecule has 1 N–H and O–H groups in total. The molecule has 0 aliphatic rings. The molecule has 0 radical (unpaired) electrons. The van der Waals surface area contributed by atoms with Gasteiger partial charge in [0.25, 0.3) is 15.9 Å². The molecule has 1 heterocycles. The van der Waals surface area contributed by atoms with E-state index in [4.69, 9.17) is 4.74 Å². The van der Waals surface area contributed by atoms with E-state index in [1.807, 2.05) is 6.07 Å². The Kier molecular flexibility index (Phi) is 6.33. The minimum Gasteiger partial charge on any atom is -0.495 e. The maximum Gasteiger partial charge on any atom is 0.285 e. The first kappa shape index (κ1) is 23.0. The van der Waals surface area contributed by atoms with Crippen molar-refractivity contribution in [2.45, 2.75) is 4.90 Å². The highest BCUT2D eigenvalue weighted by Crippen LogP contribution is 2.38. The largest absolute Gasteiger partial charge is 0.495 e. The lowest BCUT2D eigenvalue weighted by atomic mass is 10.2. The van der Waals surface area contributed by atoms with Gasteiger partial charge in [-0.05, 0) is 30.3 Å². The first-order chi connectivity index (χ1) is 16.3. The van der Waals surface area contributed by atoms with E-state index in [1.165, 1.54) is 23.8 Å². The molecule has 1 amide bonds. The van der Waals surface area contributed by atoms with Crippen LogP contribution >= 0.6 is 0 Å². The van der Waals surface area contributed by atoms with E-state index in [1.54, 1.807) is 67.7 Å². The van der Waals surface area contributed by atoms with Crippen molar-refractivity contribution in [2.75, 3.05) is 18.0 Å². The summed E-state index contributed by atoms with van der Waals surface area (Å²) in [6, 6.07) is 21.4. The van der Waals surface area contributed by atoms with Gasteiger partial charge >= 0.3 is 0 Å². The fourth-order valence-electron chi connectivity index (χ4n) is 3.57. The zero-order valence-corrected chi connectivity index (χ0v) is 19.3. The van der Waals surface area contributed by atoms with Gasteiger partial charge in [0.1, 0.15) is 12.3 Å². The van der Waals surface area contributed by atoms with E-state index in [0.29, 0.717) is 10.9 Å². The number of anilines is 1. The highest BCUT2D eigenvalue weighted by molar-refractivity contribution is 7.92. The number of sulfonamides is 1. The monoisotopic (exact) mass is 478 g/mol. The van der Waals surface area contributed by atoms with Crippen LogP contribution in [0.5, 0.6) is 11.6 Å². The Balaban J connectivity index is 1.72. The fraction of sp³-hybridized carbons (Fsp3) is 0.125. The van der Waals surface area contributed by atoms with Crippen molar-refractivity contribution in [1.29, 1.82) is 0 Å². The Bertz CT molecular complexity index is 1480. The van der Waals surface area contributed by atoms with Gasteiger partial charge in [-0.3, -0.25) is 9.10 Å². The van der Waals surface area contributed by atoms with Crippen LogP contribution in [0.15, 0.2) is 94.0 Å². The first-order valence-corrected chi connectivity index (χ1v) is 11.7. The van der Waals surface area contributed by atoms with Gasteiger partial charge in [-0.1, -0.05) is 48.5 Å². The molecule has 1 aromatic heterocycles. The Morgan fingerprint density at radius 3 is 2.38 bits per heavy atom. The molecule has 0 fully saturated rings. The summed E-state index contributed by atoms with van der Waals surface area (Å²) in [7, 11) is -1.05. The second-order valence-corrected chi connectivity index (χ2v) is 9.20. The Labute approximate surface area is 196 Å². The van der Waals surface area contributed by atoms with E-state index in [2.05, 4.69) is 10.2 Å². The molecule has 0 unspecified atom stereocenters. The van der Waals surface area contributed by atoms with Crippen LogP contribution in [0.4, 0.5) is 11.4 Å². The molecule has 0 aliphatic carbocycles. The van der Waals surface area contributed by atoms with Crippen LogP contribution in [0.25, 0.3) is 10.9 Å². The molecule has 174 valence electrons. The number of aromatic nitrogens is 1. The van der Waals surface area contributed by atoms with Crippen molar-refractivity contribution in [3.05, 3.63) is 78.9 Å². The molecule has 10 heteroatoms. The summed E-state index contributed by atoms with van der Waals surface area (Å²) in [5, 5.41) is 18.7. The van der Waals surface area contributed by atoms with Crippen LogP contribution in [-0.2, 0) is 21.9 Å². The molecule has 34 heavy (non-hydrogen) atoms. The number of amides is 1. The molecule has 0 spiro atoms. The van der Waals surface area contributed by atoms with Crippen molar-refractivity contribution in [3.8, 4) is 11.6 Å². The maximum atomic E-state index is 13.4. The second kappa shape index (κ2) is 9.36. The summed E-state index contributed by atoms with van der Waals surface area (Å²) < 4.78 is 34.7. The van der Waals surface area contributed by atoms with E-state index >= 15 is 0 Å². The maximum absolute atomic E-state index is 13.4. The summed E-state index contributed by atoms with van der Waals surface area (Å²) in [5.41, 5.74) is 1.02. The van der Waals surface area contributed by atoms with Crippen molar-refractivity contribution < 1.29 is 23.1 Å². The van der Waals surface area contributed by atoms with E-state index in [-0.39, 0.29) is 27.9 Å². The summed E-state index contributed by atoms with van der Waals surface area (Å²) in [5.74, 6) is -0.701. The normalized spacial score (nSPS) is 11.7. The number of azo groups is 1. The Morgan fingerprint density at radius 1 is 1.00 bits per heavy atom. The minimum atomic E-state index is -4.13. The molecule has 3 aromatic carbocycles. The summed E-state index contributed by atoms with van der Waals surface area (Å²) in [4.78, 5) is 12.8. The number of methoxy groups -OCH3 is 1. The standard InChI is InChI=1S/C24H22N4O5S/c1-27-19-13-7-6-12-18(19)23(24(27)30)26-25-22(29)16-28(20-14-8-9-15-21(20)33-2)34(31,32)17-10-4-3-5-11-17/h3-15,30H,16H2,1-2H3. The van der Waals surface area contributed by atoms with Crippen molar-refractivity contribution >= 4 is 38.2 Å². The molecular formula is C24H22N4O5S. The van der Waals surface area contributed by atoms with Crippen LogP contribution in [0.3, 0.4) is 0 Å². The summed E-state index contributed by atoms with van der Waals surface area (Å²) in [6.45, 7) is -0.618. The number of ether oxygens (including phenoxy) is 1. The van der Waals surface area contributed by atoms with E-state index < -0.39 is 22.5 Å². The third-order valence-electron chi connectivity index (χ3n) is 5.28. The molecule has 4 aromatic rings. The number of benzene rings is 3. The summed E-state index contributed by atoms with van der Waals surface area (Å²) >= 11 is 0. The molecule has 0 saturated heterocycles. The number of aryl methyl sites for hydroxylation is 1. The number of carbonyl (C=O) groups excluding carboxylic acids is 1. The van der Waals surface area contributed by atoms with Gasteiger partial charge in [0.15, 0.2) is 5.69 Å². The lowest BCUT2D eigenvalue weighted by Gasteiger charge is -2.24. The molecule has 4 rings (SSSR count). The highest BCUT2D eigenvalue weighted by Gasteiger charge is 2.29. The number of fused-ring (bicyclic) bond motifs is 1. The highest BCUT2D eigenvalue weighted by atomic mass is 32.2. The Hall–Kier alpha value is -4.18. The number of para-hydroxylation sites is 3. The van der Waals surface area contributed by atoms with E-state index in [9.17, 15) is 18.3 Å². The Morgan fingerprint density at radius 2 is 1.65 bits per heavy atom. The lowest BCUT2D eigenvalue weighted by molar-refractivity contribution is -0.116. The number of aromatic hydroxyl groups is 1. The lowest BCUT2D eigenvalue weighted by Crippen LogP contribution is -2.35.